The highest BCUT2D eigenvalue weighted by Crippen LogP contribution is 2.31. The van der Waals surface area contributed by atoms with E-state index in [-0.39, 0.29) is 5.91 Å². The Balaban J connectivity index is 2.08. The van der Waals surface area contributed by atoms with Crippen LogP contribution in [0.25, 0.3) is 0 Å². The number of para-hydroxylation sites is 1. The second-order valence-electron chi connectivity index (χ2n) is 6.30. The third kappa shape index (κ3) is 4.32. The number of primary amides is 1. The summed E-state index contributed by atoms with van der Waals surface area (Å²) in [4.78, 5) is 26.9. The lowest BCUT2D eigenvalue weighted by Gasteiger charge is -2.31. The number of nitrogens with one attached hydrogen (secondary N) is 1. The number of carbonyl (C=O) groups is 2. The van der Waals surface area contributed by atoms with E-state index in [2.05, 4.69) is 5.32 Å². The van der Waals surface area contributed by atoms with Gasteiger partial charge in [0.2, 0.25) is 0 Å². The number of amides is 3. The maximum atomic E-state index is 13.3. The van der Waals surface area contributed by atoms with Gasteiger partial charge in [0.05, 0.1) is 0 Å². The average Bonchev–Trinajstić information content (AvgIpc) is 2.68. The molecule has 3 aromatic carbocycles. The van der Waals surface area contributed by atoms with E-state index in [9.17, 15) is 9.59 Å². The summed E-state index contributed by atoms with van der Waals surface area (Å²) in [6, 6.07) is 21.4. The SMILES string of the molecule is Cc1ccccc1C(C(=O)Nc1ccccc1)N(C(N)=O)c1ccc(Cl)cc1. The van der Waals surface area contributed by atoms with Crippen molar-refractivity contribution in [1.29, 1.82) is 0 Å². The van der Waals surface area contributed by atoms with Crippen molar-refractivity contribution in [3.63, 3.8) is 0 Å². The molecule has 0 heterocycles. The predicted molar refractivity (Wildman–Crippen MR) is 113 cm³/mol. The molecule has 5 nitrogen and oxygen atoms in total. The zero-order valence-corrected chi connectivity index (χ0v) is 16.1. The summed E-state index contributed by atoms with van der Waals surface area (Å²) in [6.45, 7) is 1.89. The van der Waals surface area contributed by atoms with Crippen molar-refractivity contribution in [2.24, 2.45) is 5.73 Å². The molecule has 3 N–H and O–H groups in total. The summed E-state index contributed by atoms with van der Waals surface area (Å²) in [7, 11) is 0. The first kappa shape index (κ1) is 19.5. The molecule has 3 amide bonds. The van der Waals surface area contributed by atoms with Crippen molar-refractivity contribution in [2.45, 2.75) is 13.0 Å². The Morgan fingerprint density at radius 1 is 0.929 bits per heavy atom. The zero-order valence-electron chi connectivity index (χ0n) is 15.3. The van der Waals surface area contributed by atoms with Crippen LogP contribution >= 0.6 is 11.6 Å². The van der Waals surface area contributed by atoms with Crippen LogP contribution < -0.4 is 16.0 Å². The van der Waals surface area contributed by atoms with Crippen molar-refractivity contribution in [1.82, 2.24) is 0 Å². The minimum atomic E-state index is -0.944. The minimum absolute atomic E-state index is 0.366. The molecule has 0 radical (unpaired) electrons. The van der Waals surface area contributed by atoms with E-state index < -0.39 is 12.1 Å². The van der Waals surface area contributed by atoms with Crippen molar-refractivity contribution in [2.75, 3.05) is 10.2 Å². The van der Waals surface area contributed by atoms with Gasteiger partial charge in [-0.25, -0.2) is 4.79 Å². The fourth-order valence-corrected chi connectivity index (χ4v) is 3.15. The maximum Gasteiger partial charge on any atom is 0.320 e. The Bertz CT molecular complexity index is 975. The van der Waals surface area contributed by atoms with Gasteiger partial charge < -0.3 is 11.1 Å². The Hall–Kier alpha value is -3.31. The van der Waals surface area contributed by atoms with Crippen LogP contribution in [0.2, 0.25) is 5.02 Å². The molecule has 1 unspecified atom stereocenters. The maximum absolute atomic E-state index is 13.3. The van der Waals surface area contributed by atoms with Crippen molar-refractivity contribution in [3.8, 4) is 0 Å². The molecule has 1 atom stereocenters. The van der Waals surface area contributed by atoms with Crippen molar-refractivity contribution < 1.29 is 9.59 Å². The number of nitrogens with two attached hydrogens (primary N) is 1. The molecule has 0 saturated heterocycles. The fourth-order valence-electron chi connectivity index (χ4n) is 3.03. The lowest BCUT2D eigenvalue weighted by atomic mass is 9.98. The third-order valence-electron chi connectivity index (χ3n) is 4.37. The second-order valence-corrected chi connectivity index (χ2v) is 6.74. The molecule has 0 fully saturated rings. The van der Waals surface area contributed by atoms with Crippen LogP contribution in [0, 0.1) is 6.92 Å². The third-order valence-corrected chi connectivity index (χ3v) is 4.63. The molecule has 0 aromatic heterocycles. The molecule has 3 rings (SSSR count). The normalized spacial score (nSPS) is 11.5. The molecule has 28 heavy (non-hydrogen) atoms. The summed E-state index contributed by atoms with van der Waals surface area (Å²) in [5, 5.41) is 3.39. The van der Waals surface area contributed by atoms with E-state index in [1.807, 2.05) is 49.4 Å². The number of rotatable bonds is 5. The van der Waals surface area contributed by atoms with Crippen LogP contribution in [0.1, 0.15) is 17.2 Å². The molecular formula is C22H20ClN3O2. The summed E-state index contributed by atoms with van der Waals surface area (Å²) >= 11 is 5.97. The largest absolute Gasteiger partial charge is 0.351 e. The Labute approximate surface area is 168 Å². The van der Waals surface area contributed by atoms with Gasteiger partial charge in [-0.15, -0.1) is 0 Å². The number of halogens is 1. The van der Waals surface area contributed by atoms with Gasteiger partial charge in [0.25, 0.3) is 5.91 Å². The molecule has 0 aliphatic carbocycles. The van der Waals surface area contributed by atoms with Crippen molar-refractivity contribution in [3.05, 3.63) is 95.0 Å². The van der Waals surface area contributed by atoms with Crippen LogP contribution in [0.5, 0.6) is 0 Å². The summed E-state index contributed by atoms with van der Waals surface area (Å²) in [5.41, 5.74) is 8.37. The number of anilines is 2. The Kier molecular flexibility index (Phi) is 5.96. The quantitative estimate of drug-likeness (QED) is 0.645. The van der Waals surface area contributed by atoms with Gasteiger partial charge in [-0.1, -0.05) is 54.1 Å². The number of hydrogen-bond donors (Lipinski definition) is 2. The summed E-state index contributed by atoms with van der Waals surface area (Å²) in [6.07, 6.45) is 0. The number of nitrogens with zero attached hydrogens (tertiary/aromatic N) is 1. The standard InChI is InChI=1S/C22H20ClN3O2/c1-15-7-5-6-10-19(15)20(21(27)25-17-8-3-2-4-9-17)26(22(24)28)18-13-11-16(23)12-14-18/h2-14,20H,1H3,(H2,24,28)(H,25,27). The Morgan fingerprint density at radius 2 is 1.54 bits per heavy atom. The van der Waals surface area contributed by atoms with Crippen LogP contribution in [0.15, 0.2) is 78.9 Å². The van der Waals surface area contributed by atoms with Crippen LogP contribution in [0.4, 0.5) is 16.2 Å². The van der Waals surface area contributed by atoms with Gasteiger partial charge in [-0.05, 0) is 54.4 Å². The number of aryl methyl sites for hydroxylation is 1. The molecule has 0 bridgehead atoms. The molecule has 142 valence electrons. The first-order chi connectivity index (χ1) is 13.5. The number of hydrogen-bond acceptors (Lipinski definition) is 2. The summed E-state index contributed by atoms with van der Waals surface area (Å²) in [5.74, 6) is -0.366. The van der Waals surface area contributed by atoms with Gasteiger partial charge in [-0.3, -0.25) is 9.69 Å². The number of urea groups is 1. The molecular weight excluding hydrogens is 374 g/mol. The van der Waals surface area contributed by atoms with Crippen LogP contribution in [-0.4, -0.2) is 11.9 Å². The van der Waals surface area contributed by atoms with E-state index >= 15 is 0 Å². The van der Waals surface area contributed by atoms with Gasteiger partial charge in [-0.2, -0.15) is 0 Å². The van der Waals surface area contributed by atoms with E-state index in [1.54, 1.807) is 36.4 Å². The van der Waals surface area contributed by atoms with Crippen molar-refractivity contribution >= 4 is 34.9 Å². The lowest BCUT2D eigenvalue weighted by molar-refractivity contribution is -0.117. The first-order valence-electron chi connectivity index (χ1n) is 8.73. The highest BCUT2D eigenvalue weighted by atomic mass is 35.5. The highest BCUT2D eigenvalue weighted by molar-refractivity contribution is 6.30. The van der Waals surface area contributed by atoms with Crippen LogP contribution in [-0.2, 0) is 4.79 Å². The fraction of sp³-hybridized carbons (Fsp3) is 0.0909. The van der Waals surface area contributed by atoms with Crippen LogP contribution in [0.3, 0.4) is 0 Å². The Morgan fingerprint density at radius 3 is 2.14 bits per heavy atom. The highest BCUT2D eigenvalue weighted by Gasteiger charge is 2.32. The molecule has 0 spiro atoms. The topological polar surface area (TPSA) is 75.4 Å². The van der Waals surface area contributed by atoms with E-state index in [1.165, 1.54) is 4.90 Å². The van der Waals surface area contributed by atoms with Gasteiger partial charge >= 0.3 is 6.03 Å². The first-order valence-corrected chi connectivity index (χ1v) is 9.11. The smallest absolute Gasteiger partial charge is 0.320 e. The molecule has 0 aliphatic heterocycles. The van der Waals surface area contributed by atoms with Gasteiger partial charge in [0, 0.05) is 16.4 Å². The summed E-state index contributed by atoms with van der Waals surface area (Å²) < 4.78 is 0. The minimum Gasteiger partial charge on any atom is -0.351 e. The average molecular weight is 394 g/mol. The molecule has 6 heteroatoms. The molecule has 0 saturated carbocycles. The van der Waals surface area contributed by atoms with E-state index in [0.717, 1.165) is 5.56 Å². The predicted octanol–water partition coefficient (Wildman–Crippen LogP) is 4.91. The molecule has 3 aromatic rings. The van der Waals surface area contributed by atoms with E-state index in [0.29, 0.717) is 22.0 Å². The number of benzene rings is 3. The van der Waals surface area contributed by atoms with E-state index in [4.69, 9.17) is 17.3 Å². The zero-order chi connectivity index (χ0) is 20.1. The van der Waals surface area contributed by atoms with Gasteiger partial charge in [0.1, 0.15) is 6.04 Å². The number of carbonyl (C=O) groups excluding carboxylic acids is 2. The monoisotopic (exact) mass is 393 g/mol. The van der Waals surface area contributed by atoms with Gasteiger partial charge in [0.15, 0.2) is 0 Å². The lowest BCUT2D eigenvalue weighted by Crippen LogP contribution is -2.44. The molecule has 0 aliphatic rings. The second kappa shape index (κ2) is 8.59.